The summed E-state index contributed by atoms with van der Waals surface area (Å²) in [5.74, 6) is -0.339. The van der Waals surface area contributed by atoms with Crippen LogP contribution in [0, 0.1) is 0 Å². The van der Waals surface area contributed by atoms with Gasteiger partial charge in [0.25, 0.3) is 0 Å². The summed E-state index contributed by atoms with van der Waals surface area (Å²) in [6.45, 7) is 2.85. The van der Waals surface area contributed by atoms with Gasteiger partial charge in [-0.25, -0.2) is 22.0 Å². The molecular weight excluding hydrogens is 464 g/mol. The third kappa shape index (κ3) is 5.43. The number of nitrogens with zero attached hydrogens (tertiary/aromatic N) is 2. The summed E-state index contributed by atoms with van der Waals surface area (Å²) < 4.78 is 50.0. The molecule has 2 aromatic carbocycles. The number of hydrogen-bond acceptors (Lipinski definition) is 6. The molecule has 0 saturated carbocycles. The number of primary sulfonamides is 1. The third-order valence-electron chi connectivity index (χ3n) is 5.08. The highest BCUT2D eigenvalue weighted by atomic mass is 35.5. The van der Waals surface area contributed by atoms with Crippen LogP contribution in [-0.2, 0) is 24.8 Å². The number of nitrogens with two attached hydrogens (primary N) is 1. The third-order valence-corrected chi connectivity index (χ3v) is 8.39. The molecule has 2 aromatic rings. The van der Waals surface area contributed by atoms with E-state index in [4.69, 9.17) is 16.7 Å². The van der Waals surface area contributed by atoms with E-state index in [9.17, 15) is 21.6 Å². The Morgan fingerprint density at radius 3 is 2.29 bits per heavy atom. The van der Waals surface area contributed by atoms with Gasteiger partial charge >= 0.3 is 0 Å². The summed E-state index contributed by atoms with van der Waals surface area (Å²) in [4.78, 5) is 14.5. The smallest absolute Gasteiger partial charge is 0.244 e. The highest BCUT2D eigenvalue weighted by molar-refractivity contribution is 7.89. The van der Waals surface area contributed by atoms with Crippen molar-refractivity contribution in [2.45, 2.75) is 22.8 Å². The van der Waals surface area contributed by atoms with Crippen molar-refractivity contribution in [3.05, 3.63) is 53.6 Å². The SMILES string of the molecule is CC(C(=O)Nc1cccc(S(N)(=O)=O)c1)N1CCN(S(=O)(=O)c2ccccc2Cl)CC1. The lowest BCUT2D eigenvalue weighted by Crippen LogP contribution is -2.53. The molecule has 0 radical (unpaired) electrons. The van der Waals surface area contributed by atoms with Crippen LogP contribution >= 0.6 is 11.6 Å². The standard InChI is InChI=1S/C19H23ClN4O5S2/c1-14(19(25)22-15-5-4-6-16(13-15)30(21,26)27)23-9-11-24(12-10-23)31(28,29)18-8-3-2-7-17(18)20/h2-8,13-14H,9-12H2,1H3,(H,22,25)(H2,21,26,27). The minimum atomic E-state index is -3.88. The fraction of sp³-hybridized carbons (Fsp3) is 0.316. The summed E-state index contributed by atoms with van der Waals surface area (Å²) in [7, 11) is -7.61. The number of carbonyl (C=O) groups excluding carboxylic acids is 1. The van der Waals surface area contributed by atoms with Crippen molar-refractivity contribution in [2.75, 3.05) is 31.5 Å². The first kappa shape index (κ1) is 23.6. The number of hydrogen-bond donors (Lipinski definition) is 2. The Balaban J connectivity index is 1.63. The van der Waals surface area contributed by atoms with Crippen molar-refractivity contribution in [3.63, 3.8) is 0 Å². The molecule has 168 valence electrons. The van der Waals surface area contributed by atoms with E-state index in [-0.39, 0.29) is 33.8 Å². The molecule has 0 aliphatic carbocycles. The zero-order chi connectivity index (χ0) is 22.8. The van der Waals surface area contributed by atoms with Crippen LogP contribution in [0.2, 0.25) is 5.02 Å². The van der Waals surface area contributed by atoms with Gasteiger partial charge in [0.15, 0.2) is 0 Å². The molecule has 3 N–H and O–H groups in total. The van der Waals surface area contributed by atoms with Gasteiger partial charge in [-0.05, 0) is 37.3 Å². The molecule has 0 spiro atoms. The molecule has 1 saturated heterocycles. The molecule has 1 amide bonds. The first-order chi connectivity index (χ1) is 14.5. The number of halogens is 1. The molecule has 12 heteroatoms. The number of anilines is 1. The number of nitrogens with one attached hydrogen (secondary N) is 1. The van der Waals surface area contributed by atoms with E-state index in [0.717, 1.165) is 0 Å². The monoisotopic (exact) mass is 486 g/mol. The normalized spacial score (nSPS) is 17.3. The molecule has 0 aromatic heterocycles. The Bertz CT molecular complexity index is 1180. The van der Waals surface area contributed by atoms with E-state index in [1.54, 1.807) is 25.1 Å². The molecule has 1 aliphatic rings. The predicted octanol–water partition coefficient (Wildman–Crippen LogP) is 1.32. The van der Waals surface area contributed by atoms with Gasteiger partial charge in [0.05, 0.1) is 16.0 Å². The van der Waals surface area contributed by atoms with Gasteiger partial charge in [-0.1, -0.05) is 29.8 Å². The lowest BCUT2D eigenvalue weighted by atomic mass is 10.2. The Morgan fingerprint density at radius 2 is 1.68 bits per heavy atom. The van der Waals surface area contributed by atoms with Gasteiger partial charge in [0.1, 0.15) is 4.90 Å². The zero-order valence-corrected chi connectivity index (χ0v) is 19.1. The van der Waals surface area contributed by atoms with Gasteiger partial charge in [-0.15, -0.1) is 0 Å². The van der Waals surface area contributed by atoms with Crippen LogP contribution in [0.5, 0.6) is 0 Å². The van der Waals surface area contributed by atoms with Gasteiger partial charge in [-0.2, -0.15) is 4.31 Å². The van der Waals surface area contributed by atoms with Crippen LogP contribution in [-0.4, -0.2) is 64.2 Å². The summed E-state index contributed by atoms with van der Waals surface area (Å²) in [6.07, 6.45) is 0. The largest absolute Gasteiger partial charge is 0.325 e. The van der Waals surface area contributed by atoms with Crippen molar-refractivity contribution in [1.29, 1.82) is 0 Å². The summed E-state index contributed by atoms with van der Waals surface area (Å²) in [5, 5.41) is 7.96. The second-order valence-electron chi connectivity index (χ2n) is 7.11. The van der Waals surface area contributed by atoms with Gasteiger partial charge in [0, 0.05) is 31.9 Å². The van der Waals surface area contributed by atoms with Gasteiger partial charge in [-0.3, -0.25) is 9.69 Å². The molecule has 1 fully saturated rings. The number of piperazine rings is 1. The van der Waals surface area contributed by atoms with Crippen LogP contribution in [0.15, 0.2) is 58.3 Å². The molecule has 31 heavy (non-hydrogen) atoms. The van der Waals surface area contributed by atoms with E-state index < -0.39 is 26.1 Å². The van der Waals surface area contributed by atoms with Crippen molar-refractivity contribution < 1.29 is 21.6 Å². The molecule has 9 nitrogen and oxygen atoms in total. The minimum absolute atomic E-state index is 0.0608. The van der Waals surface area contributed by atoms with Crippen molar-refractivity contribution >= 4 is 43.2 Å². The lowest BCUT2D eigenvalue weighted by Gasteiger charge is -2.36. The van der Waals surface area contributed by atoms with Gasteiger partial charge in [0.2, 0.25) is 26.0 Å². The average Bonchev–Trinajstić information content (AvgIpc) is 2.73. The first-order valence-electron chi connectivity index (χ1n) is 9.42. The number of benzene rings is 2. The second kappa shape index (κ2) is 9.23. The van der Waals surface area contributed by atoms with E-state index in [2.05, 4.69) is 5.32 Å². The maximum absolute atomic E-state index is 12.9. The maximum Gasteiger partial charge on any atom is 0.244 e. The predicted molar refractivity (Wildman–Crippen MR) is 118 cm³/mol. The van der Waals surface area contributed by atoms with Crippen LogP contribution < -0.4 is 10.5 Å². The van der Waals surface area contributed by atoms with Crippen LogP contribution in [0.25, 0.3) is 0 Å². The van der Waals surface area contributed by atoms with Crippen LogP contribution in [0.4, 0.5) is 5.69 Å². The van der Waals surface area contributed by atoms with Crippen molar-refractivity contribution in [1.82, 2.24) is 9.21 Å². The zero-order valence-electron chi connectivity index (χ0n) is 16.7. The van der Waals surface area contributed by atoms with E-state index >= 15 is 0 Å². The molecule has 3 rings (SSSR count). The molecule has 1 heterocycles. The van der Waals surface area contributed by atoms with Crippen LogP contribution in [0.1, 0.15) is 6.92 Å². The van der Waals surface area contributed by atoms with Crippen LogP contribution in [0.3, 0.4) is 0 Å². The molecule has 1 atom stereocenters. The molecule has 1 unspecified atom stereocenters. The fourth-order valence-corrected chi connectivity index (χ4v) is 5.76. The van der Waals surface area contributed by atoms with E-state index in [1.165, 1.54) is 34.6 Å². The maximum atomic E-state index is 12.9. The van der Waals surface area contributed by atoms with Gasteiger partial charge < -0.3 is 5.32 Å². The summed E-state index contributed by atoms with van der Waals surface area (Å²) >= 11 is 6.05. The highest BCUT2D eigenvalue weighted by Gasteiger charge is 2.32. The molecule has 1 aliphatic heterocycles. The van der Waals surface area contributed by atoms with E-state index in [1.807, 2.05) is 4.90 Å². The summed E-state index contributed by atoms with van der Waals surface area (Å²) in [6, 6.07) is 11.4. The van der Waals surface area contributed by atoms with E-state index in [0.29, 0.717) is 18.8 Å². The first-order valence-corrected chi connectivity index (χ1v) is 12.8. The molecule has 0 bridgehead atoms. The van der Waals surface area contributed by atoms with Crippen molar-refractivity contribution in [2.24, 2.45) is 5.14 Å². The number of amides is 1. The topological polar surface area (TPSA) is 130 Å². The molecular formula is C19H23ClN4O5S2. The average molecular weight is 487 g/mol. The highest BCUT2D eigenvalue weighted by Crippen LogP contribution is 2.25. The summed E-state index contributed by atoms with van der Waals surface area (Å²) in [5.41, 5.74) is 0.309. The Labute approximate surface area is 186 Å². The quantitative estimate of drug-likeness (QED) is 0.633. The van der Waals surface area contributed by atoms with Crippen molar-refractivity contribution in [3.8, 4) is 0 Å². The Morgan fingerprint density at radius 1 is 1.03 bits per heavy atom. The second-order valence-corrected chi connectivity index (χ2v) is 11.0. The Kier molecular flexibility index (Phi) is 7.04. The minimum Gasteiger partial charge on any atom is -0.325 e. The number of sulfonamides is 2. The lowest BCUT2D eigenvalue weighted by molar-refractivity contribution is -0.121. The number of rotatable bonds is 6. The Hall–Kier alpha value is -2.02. The number of carbonyl (C=O) groups is 1. The fourth-order valence-electron chi connectivity index (χ4n) is 3.29.